The number of nitrogens with zero attached hydrogens (tertiary/aromatic N) is 1. The number of carbonyl (C=O) groups is 1. The average molecular weight is 483 g/mol. The average Bonchev–Trinajstić information content (AvgIpc) is 3.31. The summed E-state index contributed by atoms with van der Waals surface area (Å²) in [5.74, 6) is 0.271. The first-order valence-electron chi connectivity index (χ1n) is 10.1. The van der Waals surface area contributed by atoms with Crippen LogP contribution in [-0.2, 0) is 9.84 Å². The molecule has 0 bridgehead atoms. The molecule has 0 amide bonds. The van der Waals surface area contributed by atoms with Crippen LogP contribution in [-0.4, -0.2) is 35.2 Å². The lowest BCUT2D eigenvalue weighted by Gasteiger charge is -2.29. The first-order valence-corrected chi connectivity index (χ1v) is 11.5. The van der Waals surface area contributed by atoms with E-state index in [9.17, 15) is 17.6 Å². The Kier molecular flexibility index (Phi) is 5.17. The maximum Gasteiger partial charge on any atom is 0.231 e. The van der Waals surface area contributed by atoms with Crippen LogP contribution in [0.2, 0.25) is 0 Å². The second kappa shape index (κ2) is 8.07. The highest BCUT2D eigenvalue weighted by Crippen LogP contribution is 2.44. The third-order valence-corrected chi connectivity index (χ3v) is 7.30. The molecule has 34 heavy (non-hydrogen) atoms. The van der Waals surface area contributed by atoms with Crippen LogP contribution >= 0.6 is 0 Å². The molecule has 0 fully saturated rings. The second-order valence-corrected chi connectivity index (χ2v) is 9.30. The number of anilines is 2. The number of carbonyl (C=O) groups excluding carboxylic acids is 1. The quantitative estimate of drug-likeness (QED) is 0.394. The molecule has 8 nitrogen and oxygen atoms in total. The monoisotopic (exact) mass is 483 g/mol. The number of ketones is 1. The van der Waals surface area contributed by atoms with Gasteiger partial charge in [-0.1, -0.05) is 0 Å². The molecule has 174 valence electrons. The van der Waals surface area contributed by atoms with E-state index in [2.05, 4.69) is 0 Å². The molecule has 0 aliphatic carbocycles. The molecule has 3 aromatic rings. The normalized spacial score (nSPS) is 15.4. The molecular formula is C24H18FNO7S. The van der Waals surface area contributed by atoms with Gasteiger partial charge >= 0.3 is 0 Å². The third kappa shape index (κ3) is 3.43. The largest absolute Gasteiger partial charge is 0.493 e. The van der Waals surface area contributed by atoms with E-state index in [0.717, 1.165) is 18.2 Å². The van der Waals surface area contributed by atoms with E-state index >= 15 is 0 Å². The second-order valence-electron chi connectivity index (χ2n) is 7.42. The predicted octanol–water partition coefficient (Wildman–Crippen LogP) is 4.22. The van der Waals surface area contributed by atoms with E-state index in [0.29, 0.717) is 22.9 Å². The fraction of sp³-hybridized carbons (Fsp3) is 0.125. The van der Waals surface area contributed by atoms with Crippen molar-refractivity contribution >= 4 is 27.0 Å². The van der Waals surface area contributed by atoms with Gasteiger partial charge in [0.25, 0.3) is 0 Å². The maximum absolute atomic E-state index is 14.2. The molecule has 10 heteroatoms. The summed E-state index contributed by atoms with van der Waals surface area (Å²) in [4.78, 5) is 14.2. The first-order chi connectivity index (χ1) is 16.3. The molecule has 2 heterocycles. The van der Waals surface area contributed by atoms with Crippen LogP contribution in [0, 0.1) is 5.82 Å². The van der Waals surface area contributed by atoms with Crippen LogP contribution in [0.25, 0.3) is 0 Å². The van der Waals surface area contributed by atoms with E-state index < -0.39 is 26.3 Å². The summed E-state index contributed by atoms with van der Waals surface area (Å²) in [5, 5.41) is 0. The zero-order valence-corrected chi connectivity index (χ0v) is 18.9. The number of rotatable bonds is 5. The van der Waals surface area contributed by atoms with Gasteiger partial charge in [0.05, 0.1) is 24.8 Å². The number of hydrogen-bond acceptors (Lipinski definition) is 8. The summed E-state index contributed by atoms with van der Waals surface area (Å²) in [7, 11) is -1.40. The van der Waals surface area contributed by atoms with Crippen molar-refractivity contribution in [1.29, 1.82) is 0 Å². The van der Waals surface area contributed by atoms with Crippen LogP contribution < -0.4 is 23.8 Å². The maximum atomic E-state index is 14.2. The van der Waals surface area contributed by atoms with Gasteiger partial charge in [-0.3, -0.25) is 4.79 Å². The summed E-state index contributed by atoms with van der Waals surface area (Å²) in [5.41, 5.74) is 0.620. The van der Waals surface area contributed by atoms with Gasteiger partial charge in [0, 0.05) is 23.5 Å². The Hall–Kier alpha value is -4.05. The highest BCUT2D eigenvalue weighted by molar-refractivity contribution is 7.96. The van der Waals surface area contributed by atoms with Crippen molar-refractivity contribution in [3.63, 3.8) is 0 Å². The van der Waals surface area contributed by atoms with Crippen molar-refractivity contribution in [1.82, 2.24) is 0 Å². The number of Topliss-reactive ketones (excluding diaryl/α,β-unsaturated/α-hetero) is 1. The molecular weight excluding hydrogens is 465 g/mol. The van der Waals surface area contributed by atoms with Crippen molar-refractivity contribution in [2.24, 2.45) is 0 Å². The number of allylic oxidation sites excluding steroid dienone is 1. The van der Waals surface area contributed by atoms with Gasteiger partial charge in [-0.2, -0.15) is 0 Å². The van der Waals surface area contributed by atoms with Crippen molar-refractivity contribution in [2.45, 2.75) is 4.90 Å². The minimum atomic E-state index is -4.26. The number of sulfone groups is 1. The number of fused-ring (bicyclic) bond motifs is 2. The lowest BCUT2D eigenvalue weighted by Crippen LogP contribution is -2.26. The summed E-state index contributed by atoms with van der Waals surface area (Å²) >= 11 is 0. The van der Waals surface area contributed by atoms with E-state index in [1.165, 1.54) is 43.5 Å². The smallest absolute Gasteiger partial charge is 0.231 e. The zero-order chi connectivity index (χ0) is 24.0. The number of hydrogen-bond donors (Lipinski definition) is 0. The van der Waals surface area contributed by atoms with Gasteiger partial charge in [0.2, 0.25) is 22.4 Å². The lowest BCUT2D eigenvalue weighted by molar-refractivity contribution is 0.104. The predicted molar refractivity (Wildman–Crippen MR) is 120 cm³/mol. The molecule has 0 spiro atoms. The van der Waals surface area contributed by atoms with Crippen molar-refractivity contribution in [2.75, 3.05) is 25.9 Å². The summed E-state index contributed by atoms with van der Waals surface area (Å²) in [6, 6.07) is 12.6. The van der Waals surface area contributed by atoms with Crippen molar-refractivity contribution in [3.8, 4) is 23.0 Å². The summed E-state index contributed by atoms with van der Waals surface area (Å²) in [6.45, 7) is 0.0528. The number of halogens is 1. The van der Waals surface area contributed by atoms with Gasteiger partial charge in [-0.15, -0.1) is 0 Å². The molecule has 2 aliphatic rings. The van der Waals surface area contributed by atoms with Crippen molar-refractivity contribution in [3.05, 3.63) is 77.1 Å². The topological polar surface area (TPSA) is 91.4 Å². The Morgan fingerprint density at radius 3 is 2.47 bits per heavy atom. The Morgan fingerprint density at radius 2 is 1.71 bits per heavy atom. The molecule has 0 atom stereocenters. The molecule has 0 unspecified atom stereocenters. The third-order valence-electron chi connectivity index (χ3n) is 5.51. The van der Waals surface area contributed by atoms with E-state index in [-0.39, 0.29) is 28.7 Å². The molecule has 2 aliphatic heterocycles. The molecule has 0 aromatic heterocycles. The fourth-order valence-electron chi connectivity index (χ4n) is 3.83. The molecule has 0 saturated carbocycles. The zero-order valence-electron chi connectivity index (χ0n) is 18.1. The summed E-state index contributed by atoms with van der Waals surface area (Å²) < 4.78 is 62.2. The van der Waals surface area contributed by atoms with Crippen LogP contribution in [0.5, 0.6) is 23.0 Å². The van der Waals surface area contributed by atoms with Gasteiger partial charge in [-0.25, -0.2) is 12.8 Å². The Bertz CT molecular complexity index is 1470. The number of benzene rings is 3. The Balaban J connectivity index is 1.68. The van der Waals surface area contributed by atoms with E-state index in [4.69, 9.17) is 18.9 Å². The number of methoxy groups -OCH3 is 2. The number of ether oxygens (including phenoxy) is 4. The van der Waals surface area contributed by atoms with Crippen LogP contribution in [0.15, 0.2) is 70.6 Å². The molecule has 3 aromatic carbocycles. The standard InChI is InChI=1S/C24H18FNO7S/c1-30-18-6-3-14(9-20(18)31-2)24(27)23-12-26(16-5-7-19-21(11-16)33-13-32-19)17-10-15(25)4-8-22(17)34(23,28)29/h3-12H,13H2,1-2H3. The van der Waals surface area contributed by atoms with Crippen LogP contribution in [0.3, 0.4) is 0 Å². The van der Waals surface area contributed by atoms with Crippen molar-refractivity contribution < 1.29 is 36.6 Å². The van der Waals surface area contributed by atoms with Gasteiger partial charge in [0.15, 0.2) is 23.0 Å². The van der Waals surface area contributed by atoms with E-state index in [1.807, 2.05) is 0 Å². The minimum absolute atomic E-state index is 0.0528. The molecule has 5 rings (SSSR count). The fourth-order valence-corrected chi connectivity index (χ4v) is 5.35. The molecule has 0 saturated heterocycles. The molecule has 0 N–H and O–H groups in total. The Labute approximate surface area is 194 Å². The first kappa shape index (κ1) is 21.8. The summed E-state index contributed by atoms with van der Waals surface area (Å²) in [6.07, 6.45) is 1.19. The van der Waals surface area contributed by atoms with Gasteiger partial charge < -0.3 is 23.8 Å². The highest BCUT2D eigenvalue weighted by atomic mass is 32.2. The van der Waals surface area contributed by atoms with E-state index in [1.54, 1.807) is 18.2 Å². The molecule has 0 radical (unpaired) electrons. The SMILES string of the molecule is COc1ccc(C(=O)C2=CN(c3ccc4c(c3)OCO4)c3cc(F)ccc3S2(=O)=O)cc1OC. The minimum Gasteiger partial charge on any atom is -0.493 e. The highest BCUT2D eigenvalue weighted by Gasteiger charge is 2.37. The Morgan fingerprint density at radius 1 is 0.941 bits per heavy atom. The van der Waals surface area contributed by atoms with Gasteiger partial charge in [-0.05, 0) is 48.5 Å². The lowest BCUT2D eigenvalue weighted by atomic mass is 10.1. The van der Waals surface area contributed by atoms with Crippen LogP contribution in [0.1, 0.15) is 10.4 Å². The van der Waals surface area contributed by atoms with Crippen LogP contribution in [0.4, 0.5) is 15.8 Å². The van der Waals surface area contributed by atoms with Gasteiger partial charge in [0.1, 0.15) is 10.7 Å².